The Bertz CT molecular complexity index is 529. The first-order valence-corrected chi connectivity index (χ1v) is 6.24. The van der Waals surface area contributed by atoms with Gasteiger partial charge in [-0.25, -0.2) is 4.79 Å². The number of nitrogens with two attached hydrogens (primary N) is 1. The zero-order chi connectivity index (χ0) is 13.5. The molecule has 0 saturated carbocycles. The molecule has 1 aromatic rings. The lowest BCUT2D eigenvalue weighted by atomic mass is 10.1. The molecule has 0 fully saturated rings. The van der Waals surface area contributed by atoms with Gasteiger partial charge in [-0.05, 0) is 18.2 Å². The van der Waals surface area contributed by atoms with Crippen LogP contribution in [0.3, 0.4) is 0 Å². The van der Waals surface area contributed by atoms with E-state index < -0.39 is 5.97 Å². The van der Waals surface area contributed by atoms with Crippen molar-refractivity contribution in [2.75, 3.05) is 11.5 Å². The van der Waals surface area contributed by atoms with E-state index in [-0.39, 0.29) is 16.4 Å². The predicted molar refractivity (Wildman–Crippen MR) is 72.4 cm³/mol. The Labute approximate surface area is 110 Å². The van der Waals surface area contributed by atoms with E-state index >= 15 is 0 Å². The van der Waals surface area contributed by atoms with Gasteiger partial charge in [0.25, 0.3) is 0 Å². The van der Waals surface area contributed by atoms with Crippen molar-refractivity contribution in [3.05, 3.63) is 29.3 Å². The number of rotatable bonds is 3. The molecule has 0 atom stereocenters. The van der Waals surface area contributed by atoms with Crippen LogP contribution in [0, 0.1) is 11.8 Å². The van der Waals surface area contributed by atoms with Gasteiger partial charge in [0.15, 0.2) is 5.12 Å². The van der Waals surface area contributed by atoms with Gasteiger partial charge in [0.05, 0.1) is 5.56 Å². The maximum absolute atomic E-state index is 10.7. The highest BCUT2D eigenvalue weighted by atomic mass is 32.2. The summed E-state index contributed by atoms with van der Waals surface area (Å²) in [5.74, 6) is 5.39. The van der Waals surface area contributed by atoms with Gasteiger partial charge in [-0.3, -0.25) is 4.79 Å². The van der Waals surface area contributed by atoms with Crippen LogP contribution in [-0.4, -0.2) is 21.9 Å². The van der Waals surface area contributed by atoms with Gasteiger partial charge in [-0.2, -0.15) is 0 Å². The van der Waals surface area contributed by atoms with Crippen molar-refractivity contribution in [2.24, 2.45) is 0 Å². The summed E-state index contributed by atoms with van der Waals surface area (Å²) >= 11 is 1.23. The molecule has 0 unspecified atom stereocenters. The molecule has 0 aromatic heterocycles. The number of carboxylic acid groups (broad SMARTS) is 1. The average Bonchev–Trinajstić information content (AvgIpc) is 2.27. The standard InChI is InChI=1S/C13H13NO3S/c1-9(15)18-7-3-2-4-10-5-6-11(13(16)17)12(14)8-10/h5-6,8H,3,7,14H2,1H3,(H,16,17). The quantitative estimate of drug-likeness (QED) is 0.495. The molecule has 1 rings (SSSR count). The van der Waals surface area contributed by atoms with Crippen molar-refractivity contribution < 1.29 is 14.7 Å². The Morgan fingerprint density at radius 2 is 2.17 bits per heavy atom. The molecule has 0 spiro atoms. The SMILES string of the molecule is CC(=O)SCCC#Cc1ccc(C(=O)O)c(N)c1. The molecular formula is C13H13NO3S. The summed E-state index contributed by atoms with van der Waals surface area (Å²) in [7, 11) is 0. The number of hydrogen-bond acceptors (Lipinski definition) is 4. The highest BCUT2D eigenvalue weighted by Crippen LogP contribution is 2.13. The Hall–Kier alpha value is -1.93. The van der Waals surface area contributed by atoms with E-state index in [4.69, 9.17) is 10.8 Å². The first kappa shape index (κ1) is 14.1. The molecule has 0 bridgehead atoms. The fourth-order valence-electron chi connectivity index (χ4n) is 1.25. The number of carbonyl (C=O) groups excluding carboxylic acids is 1. The first-order chi connectivity index (χ1) is 8.50. The fraction of sp³-hybridized carbons (Fsp3) is 0.231. The molecule has 94 valence electrons. The molecule has 3 N–H and O–H groups in total. The second kappa shape index (κ2) is 6.72. The van der Waals surface area contributed by atoms with Crippen LogP contribution in [0.5, 0.6) is 0 Å². The van der Waals surface area contributed by atoms with Gasteiger partial charge >= 0.3 is 5.97 Å². The molecule has 0 aliphatic heterocycles. The highest BCUT2D eigenvalue weighted by Gasteiger charge is 2.06. The number of carboxylic acids is 1. The summed E-state index contributed by atoms with van der Waals surface area (Å²) in [6, 6.07) is 4.59. The molecule has 0 aliphatic rings. The van der Waals surface area contributed by atoms with Crippen LogP contribution in [0.2, 0.25) is 0 Å². The smallest absolute Gasteiger partial charge is 0.337 e. The molecule has 1 aromatic carbocycles. The molecule has 0 aliphatic carbocycles. The number of benzene rings is 1. The van der Waals surface area contributed by atoms with E-state index in [1.54, 1.807) is 6.07 Å². The lowest BCUT2D eigenvalue weighted by molar-refractivity contribution is -0.109. The number of anilines is 1. The minimum Gasteiger partial charge on any atom is -0.478 e. The lowest BCUT2D eigenvalue weighted by Gasteiger charge is -2.00. The molecule has 0 amide bonds. The molecule has 18 heavy (non-hydrogen) atoms. The van der Waals surface area contributed by atoms with Crippen LogP contribution >= 0.6 is 11.8 Å². The van der Waals surface area contributed by atoms with Crippen molar-refractivity contribution in [2.45, 2.75) is 13.3 Å². The number of hydrogen-bond donors (Lipinski definition) is 2. The summed E-state index contributed by atoms with van der Waals surface area (Å²) in [6.07, 6.45) is 0.602. The number of thioether (sulfide) groups is 1. The predicted octanol–water partition coefficient (Wildman–Crippen LogP) is 1.99. The van der Waals surface area contributed by atoms with Crippen LogP contribution in [0.25, 0.3) is 0 Å². The van der Waals surface area contributed by atoms with Gasteiger partial charge in [0.2, 0.25) is 0 Å². The Morgan fingerprint density at radius 3 is 2.72 bits per heavy atom. The molecule has 5 heteroatoms. The second-order valence-corrected chi connectivity index (χ2v) is 4.77. The van der Waals surface area contributed by atoms with Crippen LogP contribution in [0.4, 0.5) is 5.69 Å². The normalized spacial score (nSPS) is 9.39. The van der Waals surface area contributed by atoms with E-state index in [0.717, 1.165) is 0 Å². The summed E-state index contributed by atoms with van der Waals surface area (Å²) in [4.78, 5) is 21.4. The largest absolute Gasteiger partial charge is 0.478 e. The van der Waals surface area contributed by atoms with Gasteiger partial charge in [-0.1, -0.05) is 23.6 Å². The first-order valence-electron chi connectivity index (χ1n) is 5.25. The zero-order valence-electron chi connectivity index (χ0n) is 9.90. The van der Waals surface area contributed by atoms with Crippen molar-refractivity contribution in [1.29, 1.82) is 0 Å². The lowest BCUT2D eigenvalue weighted by Crippen LogP contribution is -2.02. The average molecular weight is 263 g/mol. The summed E-state index contributed by atoms with van der Waals surface area (Å²) in [5, 5.41) is 8.88. The minimum atomic E-state index is -1.05. The zero-order valence-corrected chi connectivity index (χ0v) is 10.7. The van der Waals surface area contributed by atoms with Gasteiger partial charge in [0, 0.05) is 30.3 Å². The monoisotopic (exact) mass is 263 g/mol. The number of carbonyl (C=O) groups is 2. The Balaban J connectivity index is 2.64. The summed E-state index contributed by atoms with van der Waals surface area (Å²) in [6.45, 7) is 1.52. The summed E-state index contributed by atoms with van der Waals surface area (Å²) < 4.78 is 0. The second-order valence-electron chi connectivity index (χ2n) is 3.50. The Kier molecular flexibility index (Phi) is 5.28. The van der Waals surface area contributed by atoms with Gasteiger partial charge in [-0.15, -0.1) is 0 Å². The Morgan fingerprint density at radius 1 is 1.44 bits per heavy atom. The molecule has 0 heterocycles. The number of aromatic carboxylic acids is 1. The summed E-state index contributed by atoms with van der Waals surface area (Å²) in [5.41, 5.74) is 6.54. The van der Waals surface area contributed by atoms with Crippen molar-refractivity contribution in [3.8, 4) is 11.8 Å². The van der Waals surface area contributed by atoms with E-state index in [0.29, 0.717) is 17.7 Å². The number of nitrogen functional groups attached to an aromatic ring is 1. The maximum atomic E-state index is 10.7. The molecule has 4 nitrogen and oxygen atoms in total. The molecule has 0 saturated heterocycles. The van der Waals surface area contributed by atoms with Gasteiger partial charge in [0.1, 0.15) is 0 Å². The van der Waals surface area contributed by atoms with E-state index in [9.17, 15) is 9.59 Å². The van der Waals surface area contributed by atoms with Crippen molar-refractivity contribution in [3.63, 3.8) is 0 Å². The minimum absolute atomic E-state index is 0.0758. The van der Waals surface area contributed by atoms with E-state index in [2.05, 4.69) is 11.8 Å². The fourth-order valence-corrected chi connectivity index (χ4v) is 1.74. The highest BCUT2D eigenvalue weighted by molar-refractivity contribution is 8.13. The van der Waals surface area contributed by atoms with Crippen molar-refractivity contribution >= 4 is 28.5 Å². The van der Waals surface area contributed by atoms with E-state index in [1.165, 1.54) is 30.8 Å². The van der Waals surface area contributed by atoms with Crippen LogP contribution in [0.1, 0.15) is 29.3 Å². The van der Waals surface area contributed by atoms with E-state index in [1.807, 2.05) is 0 Å². The van der Waals surface area contributed by atoms with Gasteiger partial charge < -0.3 is 10.8 Å². The third-order valence-electron chi connectivity index (χ3n) is 2.05. The maximum Gasteiger partial charge on any atom is 0.337 e. The third kappa shape index (κ3) is 4.52. The molecule has 0 radical (unpaired) electrons. The van der Waals surface area contributed by atoms with Crippen LogP contribution in [-0.2, 0) is 4.79 Å². The molecular weight excluding hydrogens is 250 g/mol. The van der Waals surface area contributed by atoms with Crippen LogP contribution < -0.4 is 5.73 Å². The topological polar surface area (TPSA) is 80.4 Å². The third-order valence-corrected chi connectivity index (χ3v) is 2.86. The van der Waals surface area contributed by atoms with Crippen LogP contribution in [0.15, 0.2) is 18.2 Å². The van der Waals surface area contributed by atoms with Crippen molar-refractivity contribution in [1.82, 2.24) is 0 Å².